The van der Waals surface area contributed by atoms with Crippen molar-refractivity contribution in [1.82, 2.24) is 14.8 Å². The first-order chi connectivity index (χ1) is 8.63. The van der Waals surface area contributed by atoms with E-state index in [9.17, 15) is 4.79 Å². The monoisotopic (exact) mass is 307 g/mol. The van der Waals surface area contributed by atoms with Crippen molar-refractivity contribution < 1.29 is 4.79 Å². The Morgan fingerprint density at radius 2 is 2.28 bits per heavy atom. The van der Waals surface area contributed by atoms with Gasteiger partial charge in [0.05, 0.1) is 11.9 Å². The lowest BCUT2D eigenvalue weighted by Gasteiger charge is -2.25. The van der Waals surface area contributed by atoms with Crippen LogP contribution in [0.5, 0.6) is 0 Å². The number of amides is 1. The van der Waals surface area contributed by atoms with E-state index in [0.717, 1.165) is 10.0 Å². The first kappa shape index (κ1) is 11.2. The first-order valence-corrected chi connectivity index (χ1v) is 6.14. The molecular weight excluding hydrogens is 298 g/mol. The number of carbonyl (C=O) groups excluding carboxylic acids is 1. The van der Waals surface area contributed by atoms with Gasteiger partial charge in [0, 0.05) is 29.5 Å². The van der Waals surface area contributed by atoms with Crippen LogP contribution >= 0.6 is 15.9 Å². The Morgan fingerprint density at radius 1 is 1.44 bits per heavy atom. The fourth-order valence-corrected chi connectivity index (χ4v) is 2.21. The molecule has 1 aliphatic heterocycles. The second-order valence-electron chi connectivity index (χ2n) is 4.06. The highest BCUT2D eigenvalue weighted by Gasteiger charge is 2.28. The van der Waals surface area contributed by atoms with Gasteiger partial charge in [-0.3, -0.25) is 9.48 Å². The predicted molar refractivity (Wildman–Crippen MR) is 70.1 cm³/mol. The number of halogens is 1. The largest absolute Gasteiger partial charge is 0.353 e. The summed E-state index contributed by atoms with van der Waals surface area (Å²) in [5, 5.41) is 10.00. The molecule has 92 valence electrons. The van der Waals surface area contributed by atoms with Crippen molar-refractivity contribution >= 4 is 33.3 Å². The number of aryl methyl sites for hydroxylation is 1. The SMILES string of the molecule is Cn1cc(C2Nc3ncc(Br)cc3NC2=O)cn1. The number of nitrogens with zero attached hydrogens (tertiary/aromatic N) is 3. The minimum absolute atomic E-state index is 0.115. The van der Waals surface area contributed by atoms with Gasteiger partial charge in [-0.05, 0) is 22.0 Å². The summed E-state index contributed by atoms with van der Waals surface area (Å²) in [5.74, 6) is 0.544. The predicted octanol–water partition coefficient (Wildman–Crippen LogP) is 1.68. The minimum Gasteiger partial charge on any atom is -0.353 e. The van der Waals surface area contributed by atoms with Crippen LogP contribution < -0.4 is 10.6 Å². The van der Waals surface area contributed by atoms with Crippen LogP contribution in [0.1, 0.15) is 11.6 Å². The second-order valence-corrected chi connectivity index (χ2v) is 4.98. The van der Waals surface area contributed by atoms with E-state index in [1.54, 1.807) is 23.3 Å². The van der Waals surface area contributed by atoms with Crippen molar-refractivity contribution in [2.45, 2.75) is 6.04 Å². The lowest BCUT2D eigenvalue weighted by Crippen LogP contribution is -2.32. The molecule has 1 atom stereocenters. The van der Waals surface area contributed by atoms with Gasteiger partial charge >= 0.3 is 0 Å². The smallest absolute Gasteiger partial charge is 0.251 e. The zero-order valence-electron chi connectivity index (χ0n) is 9.51. The summed E-state index contributed by atoms with van der Waals surface area (Å²) in [7, 11) is 1.81. The Hall–Kier alpha value is -1.89. The molecule has 18 heavy (non-hydrogen) atoms. The molecule has 3 heterocycles. The van der Waals surface area contributed by atoms with E-state index in [1.807, 2.05) is 13.1 Å². The number of pyridine rings is 1. The van der Waals surface area contributed by atoms with Gasteiger partial charge in [0.2, 0.25) is 0 Å². The second kappa shape index (κ2) is 4.09. The lowest BCUT2D eigenvalue weighted by atomic mass is 10.1. The van der Waals surface area contributed by atoms with Crippen molar-refractivity contribution in [3.63, 3.8) is 0 Å². The van der Waals surface area contributed by atoms with Gasteiger partial charge in [-0.15, -0.1) is 0 Å². The molecule has 1 amide bonds. The quantitative estimate of drug-likeness (QED) is 0.841. The van der Waals surface area contributed by atoms with Gasteiger partial charge in [0.15, 0.2) is 5.82 Å². The molecule has 2 aromatic rings. The van der Waals surface area contributed by atoms with E-state index in [-0.39, 0.29) is 5.91 Å². The highest BCUT2D eigenvalue weighted by atomic mass is 79.9. The molecule has 6 nitrogen and oxygen atoms in total. The van der Waals surface area contributed by atoms with Crippen LogP contribution in [0.3, 0.4) is 0 Å². The molecule has 0 fully saturated rings. The molecule has 2 N–H and O–H groups in total. The average Bonchev–Trinajstić information content (AvgIpc) is 2.74. The van der Waals surface area contributed by atoms with Gasteiger partial charge in [-0.25, -0.2) is 4.98 Å². The minimum atomic E-state index is -0.458. The van der Waals surface area contributed by atoms with Gasteiger partial charge in [-0.1, -0.05) is 0 Å². The third kappa shape index (κ3) is 1.86. The third-order valence-corrected chi connectivity index (χ3v) is 3.15. The number of aromatic nitrogens is 3. The first-order valence-electron chi connectivity index (χ1n) is 5.35. The molecule has 0 spiro atoms. The summed E-state index contributed by atoms with van der Waals surface area (Å²) in [6.07, 6.45) is 5.16. The normalized spacial score (nSPS) is 17.9. The summed E-state index contributed by atoms with van der Waals surface area (Å²) >= 11 is 3.32. The van der Waals surface area contributed by atoms with Gasteiger partial charge < -0.3 is 10.6 Å². The summed E-state index contributed by atoms with van der Waals surface area (Å²) < 4.78 is 2.48. The number of rotatable bonds is 1. The van der Waals surface area contributed by atoms with Gasteiger partial charge in [-0.2, -0.15) is 5.10 Å². The summed E-state index contributed by atoms with van der Waals surface area (Å²) in [5.41, 5.74) is 1.49. The fraction of sp³-hybridized carbons (Fsp3) is 0.182. The lowest BCUT2D eigenvalue weighted by molar-refractivity contribution is -0.117. The van der Waals surface area contributed by atoms with Crippen molar-refractivity contribution in [2.75, 3.05) is 10.6 Å². The summed E-state index contributed by atoms with van der Waals surface area (Å²) in [4.78, 5) is 16.3. The van der Waals surface area contributed by atoms with Crippen LogP contribution in [-0.4, -0.2) is 20.7 Å². The molecule has 1 unspecified atom stereocenters. The maximum Gasteiger partial charge on any atom is 0.251 e. The zero-order chi connectivity index (χ0) is 12.7. The van der Waals surface area contributed by atoms with E-state index in [0.29, 0.717) is 11.5 Å². The fourth-order valence-electron chi connectivity index (χ4n) is 1.88. The third-order valence-electron chi connectivity index (χ3n) is 2.71. The van der Waals surface area contributed by atoms with Crippen molar-refractivity contribution in [3.8, 4) is 0 Å². The molecule has 7 heteroatoms. The number of carbonyl (C=O) groups is 1. The zero-order valence-corrected chi connectivity index (χ0v) is 11.1. The number of hydrogen-bond donors (Lipinski definition) is 2. The Kier molecular flexibility index (Phi) is 2.55. The van der Waals surface area contributed by atoms with Crippen LogP contribution in [0, 0.1) is 0 Å². The van der Waals surface area contributed by atoms with Crippen LogP contribution in [0.2, 0.25) is 0 Å². The topological polar surface area (TPSA) is 71.8 Å². The Bertz CT molecular complexity index is 624. The molecular formula is C11H10BrN5O. The highest BCUT2D eigenvalue weighted by molar-refractivity contribution is 9.10. The van der Waals surface area contributed by atoms with E-state index in [4.69, 9.17) is 0 Å². The molecule has 3 rings (SSSR count). The molecule has 0 aliphatic carbocycles. The van der Waals surface area contributed by atoms with Crippen molar-refractivity contribution in [3.05, 3.63) is 34.7 Å². The number of anilines is 2. The van der Waals surface area contributed by atoms with Crippen LogP contribution in [0.4, 0.5) is 11.5 Å². The molecule has 0 saturated carbocycles. The molecule has 0 bridgehead atoms. The van der Waals surface area contributed by atoms with Crippen LogP contribution in [0.15, 0.2) is 29.1 Å². The Labute approximate surface area is 112 Å². The standard InChI is InChI=1S/C11H10BrN5O/c1-17-5-6(3-14-17)9-11(18)15-8-2-7(12)4-13-10(8)16-9/h2-5,9H,1H3,(H,13,16)(H,15,18). The molecule has 0 saturated heterocycles. The summed E-state index contributed by atoms with van der Waals surface area (Å²) in [6, 6.07) is 1.35. The van der Waals surface area contributed by atoms with Gasteiger partial charge in [0.1, 0.15) is 6.04 Å². The highest BCUT2D eigenvalue weighted by Crippen LogP contribution is 2.31. The average molecular weight is 308 g/mol. The van der Waals surface area contributed by atoms with Crippen LogP contribution in [0.25, 0.3) is 0 Å². The van der Waals surface area contributed by atoms with E-state index >= 15 is 0 Å². The van der Waals surface area contributed by atoms with E-state index in [1.165, 1.54) is 0 Å². The Balaban J connectivity index is 1.97. The van der Waals surface area contributed by atoms with Crippen molar-refractivity contribution in [2.24, 2.45) is 7.05 Å². The number of nitrogens with one attached hydrogen (secondary N) is 2. The van der Waals surface area contributed by atoms with E-state index < -0.39 is 6.04 Å². The molecule has 2 aromatic heterocycles. The maximum absolute atomic E-state index is 12.0. The van der Waals surface area contributed by atoms with Crippen molar-refractivity contribution in [1.29, 1.82) is 0 Å². The molecule has 1 aliphatic rings. The molecule has 0 radical (unpaired) electrons. The van der Waals surface area contributed by atoms with Crippen LogP contribution in [-0.2, 0) is 11.8 Å². The number of hydrogen-bond acceptors (Lipinski definition) is 4. The summed E-state index contributed by atoms with van der Waals surface area (Å²) in [6.45, 7) is 0. The number of fused-ring (bicyclic) bond motifs is 1. The Morgan fingerprint density at radius 3 is 3.00 bits per heavy atom. The maximum atomic E-state index is 12.0. The molecule has 0 aromatic carbocycles. The van der Waals surface area contributed by atoms with E-state index in [2.05, 4.69) is 36.6 Å². The van der Waals surface area contributed by atoms with Gasteiger partial charge in [0.25, 0.3) is 5.91 Å².